The molecule has 0 saturated carbocycles. The third-order valence-corrected chi connectivity index (χ3v) is 4.52. The molecule has 0 aliphatic carbocycles. The smallest absolute Gasteiger partial charge is 0.0442 e. The van der Waals surface area contributed by atoms with Gasteiger partial charge in [-0.3, -0.25) is 4.90 Å². The largest absolute Gasteiger partial charge is 0.314 e. The molecule has 0 unspecified atom stereocenters. The summed E-state index contributed by atoms with van der Waals surface area (Å²) in [6.45, 7) is 6.99. The second kappa shape index (κ2) is 7.14. The topological polar surface area (TPSA) is 15.3 Å². The highest BCUT2D eigenvalue weighted by atomic mass is 32.1. The Morgan fingerprint density at radius 3 is 2.82 bits per heavy atom. The Morgan fingerprint density at radius 2 is 2.18 bits per heavy atom. The van der Waals surface area contributed by atoms with Gasteiger partial charge in [-0.2, -0.15) is 0 Å². The average Bonchev–Trinajstić information content (AvgIpc) is 2.89. The van der Waals surface area contributed by atoms with Gasteiger partial charge in [-0.1, -0.05) is 32.3 Å². The summed E-state index contributed by atoms with van der Waals surface area (Å²) in [7, 11) is 0. The van der Waals surface area contributed by atoms with E-state index in [0.29, 0.717) is 6.04 Å². The number of thiophene rings is 1. The fraction of sp³-hybridized carbons (Fsp3) is 0.714. The number of hydrogen-bond donors (Lipinski definition) is 1. The lowest BCUT2D eigenvalue weighted by molar-refractivity contribution is 0.165. The van der Waals surface area contributed by atoms with Crippen molar-refractivity contribution in [1.29, 1.82) is 0 Å². The minimum atomic E-state index is 0.670. The second-order valence-electron chi connectivity index (χ2n) is 4.81. The molecule has 2 rings (SSSR count). The normalized spacial score (nSPS) is 19.4. The Labute approximate surface area is 109 Å². The Hall–Kier alpha value is -0.380. The van der Waals surface area contributed by atoms with Gasteiger partial charge >= 0.3 is 0 Å². The first-order chi connectivity index (χ1) is 8.42. The van der Waals surface area contributed by atoms with Gasteiger partial charge in [0, 0.05) is 37.1 Å². The standard InChI is InChI=1S/C14H24N2S/c1-2-3-4-6-13(14-7-5-12-17-14)16-10-8-15-9-11-16/h5,7,12-13,15H,2-4,6,8-11H2,1H3/t13-/m1/s1. The van der Waals surface area contributed by atoms with Crippen molar-refractivity contribution in [2.45, 2.75) is 38.6 Å². The van der Waals surface area contributed by atoms with Gasteiger partial charge in [0.05, 0.1) is 0 Å². The summed E-state index contributed by atoms with van der Waals surface area (Å²) in [5.74, 6) is 0. The molecule has 17 heavy (non-hydrogen) atoms. The lowest BCUT2D eigenvalue weighted by Crippen LogP contribution is -2.45. The van der Waals surface area contributed by atoms with E-state index in [0.717, 1.165) is 13.1 Å². The lowest BCUT2D eigenvalue weighted by Gasteiger charge is -2.34. The van der Waals surface area contributed by atoms with E-state index in [4.69, 9.17) is 0 Å². The highest BCUT2D eigenvalue weighted by molar-refractivity contribution is 7.10. The van der Waals surface area contributed by atoms with E-state index in [-0.39, 0.29) is 0 Å². The predicted octanol–water partition coefficient (Wildman–Crippen LogP) is 3.27. The van der Waals surface area contributed by atoms with Crippen LogP contribution < -0.4 is 5.32 Å². The molecule has 1 aromatic heterocycles. The van der Waals surface area contributed by atoms with Crippen LogP contribution in [0.5, 0.6) is 0 Å². The summed E-state index contributed by atoms with van der Waals surface area (Å²) in [5.41, 5.74) is 0. The molecule has 2 heterocycles. The zero-order valence-corrected chi connectivity index (χ0v) is 11.6. The van der Waals surface area contributed by atoms with Gasteiger partial charge in [0.1, 0.15) is 0 Å². The molecule has 0 aromatic carbocycles. The van der Waals surface area contributed by atoms with Gasteiger partial charge in [0.2, 0.25) is 0 Å². The molecule has 1 atom stereocenters. The molecule has 1 fully saturated rings. The highest BCUT2D eigenvalue weighted by Gasteiger charge is 2.22. The van der Waals surface area contributed by atoms with Crippen molar-refractivity contribution in [2.24, 2.45) is 0 Å². The van der Waals surface area contributed by atoms with E-state index in [1.807, 2.05) is 11.3 Å². The molecule has 1 saturated heterocycles. The average molecular weight is 252 g/mol. The SMILES string of the molecule is CCCCC[C@H](c1cccs1)N1CCNCC1. The van der Waals surface area contributed by atoms with Crippen molar-refractivity contribution < 1.29 is 0 Å². The molecular weight excluding hydrogens is 228 g/mol. The van der Waals surface area contributed by atoms with Crippen molar-refractivity contribution in [3.63, 3.8) is 0 Å². The molecule has 1 aliphatic rings. The number of unbranched alkanes of at least 4 members (excludes halogenated alkanes) is 2. The van der Waals surface area contributed by atoms with Crippen LogP contribution in [-0.2, 0) is 0 Å². The van der Waals surface area contributed by atoms with Gasteiger partial charge in [-0.25, -0.2) is 0 Å². The molecule has 1 aliphatic heterocycles. The summed E-state index contributed by atoms with van der Waals surface area (Å²) < 4.78 is 0. The summed E-state index contributed by atoms with van der Waals surface area (Å²) in [6.07, 6.45) is 5.38. The van der Waals surface area contributed by atoms with Crippen LogP contribution in [0.3, 0.4) is 0 Å². The van der Waals surface area contributed by atoms with Crippen LogP contribution in [0.25, 0.3) is 0 Å². The first kappa shape index (κ1) is 13.1. The lowest BCUT2D eigenvalue weighted by atomic mass is 10.0. The Kier molecular flexibility index (Phi) is 5.49. The van der Waals surface area contributed by atoms with Crippen LogP contribution in [-0.4, -0.2) is 31.1 Å². The molecule has 0 spiro atoms. The molecular formula is C14H24N2S. The van der Waals surface area contributed by atoms with E-state index in [1.54, 1.807) is 4.88 Å². The maximum atomic E-state index is 3.44. The minimum Gasteiger partial charge on any atom is -0.314 e. The van der Waals surface area contributed by atoms with Crippen LogP contribution >= 0.6 is 11.3 Å². The van der Waals surface area contributed by atoms with Gasteiger partial charge in [-0.15, -0.1) is 11.3 Å². The highest BCUT2D eigenvalue weighted by Crippen LogP contribution is 2.30. The maximum Gasteiger partial charge on any atom is 0.0442 e. The summed E-state index contributed by atoms with van der Waals surface area (Å²) >= 11 is 1.92. The molecule has 1 aromatic rings. The van der Waals surface area contributed by atoms with E-state index >= 15 is 0 Å². The van der Waals surface area contributed by atoms with Crippen LogP contribution in [0.1, 0.15) is 43.5 Å². The van der Waals surface area contributed by atoms with Gasteiger partial charge in [0.15, 0.2) is 0 Å². The maximum absolute atomic E-state index is 3.44. The molecule has 3 heteroatoms. The number of nitrogens with one attached hydrogen (secondary N) is 1. The van der Waals surface area contributed by atoms with E-state index in [2.05, 4.69) is 34.7 Å². The van der Waals surface area contributed by atoms with Crippen LogP contribution in [0.15, 0.2) is 17.5 Å². The monoisotopic (exact) mass is 252 g/mol. The van der Waals surface area contributed by atoms with E-state index in [1.165, 1.54) is 38.8 Å². The summed E-state index contributed by atoms with van der Waals surface area (Å²) in [4.78, 5) is 4.22. The number of hydrogen-bond acceptors (Lipinski definition) is 3. The molecule has 0 amide bonds. The zero-order valence-electron chi connectivity index (χ0n) is 10.8. The number of piperazine rings is 1. The van der Waals surface area contributed by atoms with Gasteiger partial charge in [-0.05, 0) is 17.9 Å². The number of rotatable bonds is 6. The summed E-state index contributed by atoms with van der Waals surface area (Å²) in [6, 6.07) is 5.17. The molecule has 0 radical (unpaired) electrons. The second-order valence-corrected chi connectivity index (χ2v) is 5.79. The third-order valence-electron chi connectivity index (χ3n) is 3.55. The molecule has 96 valence electrons. The first-order valence-electron chi connectivity index (χ1n) is 6.90. The van der Waals surface area contributed by atoms with E-state index in [9.17, 15) is 0 Å². The Morgan fingerprint density at radius 1 is 1.35 bits per heavy atom. The van der Waals surface area contributed by atoms with Crippen LogP contribution in [0.2, 0.25) is 0 Å². The van der Waals surface area contributed by atoms with Crippen molar-refractivity contribution in [1.82, 2.24) is 10.2 Å². The fourth-order valence-electron chi connectivity index (χ4n) is 2.57. The first-order valence-corrected chi connectivity index (χ1v) is 7.78. The number of nitrogens with zero attached hydrogens (tertiary/aromatic N) is 1. The van der Waals surface area contributed by atoms with Gasteiger partial charge in [0.25, 0.3) is 0 Å². The quantitative estimate of drug-likeness (QED) is 0.782. The zero-order chi connectivity index (χ0) is 11.9. The molecule has 2 nitrogen and oxygen atoms in total. The molecule has 0 bridgehead atoms. The van der Waals surface area contributed by atoms with Crippen LogP contribution in [0.4, 0.5) is 0 Å². The van der Waals surface area contributed by atoms with Crippen LogP contribution in [0, 0.1) is 0 Å². The predicted molar refractivity (Wildman–Crippen MR) is 75.6 cm³/mol. The molecule has 1 N–H and O–H groups in total. The van der Waals surface area contributed by atoms with Crippen molar-refractivity contribution in [3.05, 3.63) is 22.4 Å². The Balaban J connectivity index is 1.96. The minimum absolute atomic E-state index is 0.670. The van der Waals surface area contributed by atoms with Crippen molar-refractivity contribution >= 4 is 11.3 Å². The Bertz CT molecular complexity index is 291. The third kappa shape index (κ3) is 3.80. The van der Waals surface area contributed by atoms with E-state index < -0.39 is 0 Å². The van der Waals surface area contributed by atoms with Gasteiger partial charge < -0.3 is 5.32 Å². The van der Waals surface area contributed by atoms with Crippen molar-refractivity contribution in [3.8, 4) is 0 Å². The summed E-state index contributed by atoms with van der Waals surface area (Å²) in [5, 5.41) is 5.66. The fourth-order valence-corrected chi connectivity index (χ4v) is 3.46. The van der Waals surface area contributed by atoms with Crippen molar-refractivity contribution in [2.75, 3.05) is 26.2 Å².